The van der Waals surface area contributed by atoms with Gasteiger partial charge in [0.05, 0.1) is 17.3 Å². The van der Waals surface area contributed by atoms with Gasteiger partial charge < -0.3 is 15.4 Å². The van der Waals surface area contributed by atoms with E-state index in [1.165, 1.54) is 0 Å². The number of hydrogen-bond donors (Lipinski definition) is 4. The molecule has 4 N–H and O–H groups in total. The molecule has 10 nitrogen and oxygen atoms in total. The predicted octanol–water partition coefficient (Wildman–Crippen LogP) is 0.854. The molecule has 0 spiro atoms. The highest BCUT2D eigenvalue weighted by molar-refractivity contribution is 6.30. The molecule has 4 aromatic heterocycles. The molecule has 0 unspecified atom stereocenters. The van der Waals surface area contributed by atoms with Gasteiger partial charge in [0.2, 0.25) is 5.88 Å². The first-order valence-corrected chi connectivity index (χ1v) is 9.27. The largest absolute Gasteiger partial charge is 0.493 e. The van der Waals surface area contributed by atoms with Crippen molar-refractivity contribution in [1.82, 2.24) is 29.5 Å². The molecule has 0 radical (unpaired) electrons. The van der Waals surface area contributed by atoms with E-state index in [1.807, 2.05) is 0 Å². The van der Waals surface area contributed by atoms with E-state index in [1.54, 1.807) is 41.2 Å². The number of aromatic nitrogens is 6. The highest BCUT2D eigenvalue weighted by Crippen LogP contribution is 2.22. The van der Waals surface area contributed by atoms with Gasteiger partial charge in [-0.25, -0.2) is 14.8 Å². The summed E-state index contributed by atoms with van der Waals surface area (Å²) >= 11 is 5.90. The molecule has 0 amide bonds. The summed E-state index contributed by atoms with van der Waals surface area (Å²) in [6.45, 7) is 0. The van der Waals surface area contributed by atoms with Crippen LogP contribution in [0, 0.1) is 0 Å². The summed E-state index contributed by atoms with van der Waals surface area (Å²) in [5.41, 5.74) is 0.911. The van der Waals surface area contributed by atoms with E-state index < -0.39 is 5.69 Å². The monoisotopic (exact) mass is 410 g/mol. The van der Waals surface area contributed by atoms with Crippen LogP contribution >= 0.6 is 11.6 Å². The van der Waals surface area contributed by atoms with Crippen LogP contribution in [0.2, 0.25) is 5.02 Å². The van der Waals surface area contributed by atoms with Gasteiger partial charge in [0.1, 0.15) is 17.3 Å². The number of nitrogens with zero attached hydrogens (tertiary/aromatic N) is 5. The third kappa shape index (κ3) is 3.57. The molecule has 0 saturated heterocycles. The van der Waals surface area contributed by atoms with Crippen molar-refractivity contribution in [2.75, 3.05) is 5.32 Å². The second kappa shape index (κ2) is 6.74. The minimum atomic E-state index is -0.501. The maximum absolute atomic E-state index is 11.4. The maximum atomic E-state index is 11.4. The van der Waals surface area contributed by atoms with Crippen molar-refractivity contribution in [2.24, 2.45) is 4.99 Å². The number of nitrogens with one attached hydrogen (secondary N) is 3. The van der Waals surface area contributed by atoms with Crippen molar-refractivity contribution >= 4 is 35.0 Å². The molecule has 4 heterocycles. The lowest BCUT2D eigenvalue weighted by Crippen LogP contribution is -2.20. The summed E-state index contributed by atoms with van der Waals surface area (Å²) in [5.74, 6) is 0.867. The lowest BCUT2D eigenvalue weighted by atomic mass is 10.3. The lowest BCUT2D eigenvalue weighted by molar-refractivity contribution is 0.454. The third-order valence-electron chi connectivity index (χ3n) is 4.36. The van der Waals surface area contributed by atoms with E-state index in [0.29, 0.717) is 33.0 Å². The molecule has 1 aliphatic carbocycles. The van der Waals surface area contributed by atoms with Gasteiger partial charge in [-0.05, 0) is 31.1 Å². The van der Waals surface area contributed by atoms with Gasteiger partial charge in [0.25, 0.3) is 0 Å². The molecule has 0 aromatic carbocycles. The van der Waals surface area contributed by atoms with E-state index in [4.69, 9.17) is 16.6 Å². The molecule has 4 aromatic rings. The zero-order valence-corrected chi connectivity index (χ0v) is 15.7. The molecule has 1 saturated carbocycles. The number of imidazole rings is 1. The van der Waals surface area contributed by atoms with Gasteiger partial charge in [-0.15, -0.1) is 0 Å². The van der Waals surface area contributed by atoms with E-state index in [2.05, 4.69) is 30.4 Å². The summed E-state index contributed by atoms with van der Waals surface area (Å²) in [7, 11) is 0. The molecule has 0 atom stereocenters. The molecule has 11 heteroatoms. The first-order valence-electron chi connectivity index (χ1n) is 8.89. The molecule has 29 heavy (non-hydrogen) atoms. The van der Waals surface area contributed by atoms with Crippen molar-refractivity contribution in [1.29, 1.82) is 0 Å². The molecule has 146 valence electrons. The van der Waals surface area contributed by atoms with Crippen LogP contribution in [0.1, 0.15) is 18.5 Å². The van der Waals surface area contributed by atoms with E-state index >= 15 is 0 Å². The number of H-pyrrole nitrogens is 2. The summed E-state index contributed by atoms with van der Waals surface area (Å²) in [6.07, 6.45) is 6.83. The fourth-order valence-electron chi connectivity index (χ4n) is 2.84. The Morgan fingerprint density at radius 1 is 1.28 bits per heavy atom. The number of fused-ring (bicyclic) bond motifs is 1. The van der Waals surface area contributed by atoms with Gasteiger partial charge in [0, 0.05) is 17.5 Å². The molecular weight excluding hydrogens is 396 g/mol. The Hall–Kier alpha value is -3.66. The van der Waals surface area contributed by atoms with Crippen molar-refractivity contribution in [3.63, 3.8) is 0 Å². The number of rotatable bonds is 4. The standard InChI is InChI=1S/C18H15ClN8O2/c19-10-1-4-13(20-8-10)24-14-6-15(22-11-2-3-11)27-16(25-14)9(7-21-27)5-12-17(28)26-18(29)23-12/h1,4-8,11,28H,2-3H2,(H,20,24)(H2,23,26,29). The Morgan fingerprint density at radius 2 is 2.14 bits per heavy atom. The number of anilines is 2. The van der Waals surface area contributed by atoms with Crippen LogP contribution in [0.4, 0.5) is 11.6 Å². The Labute approximate surface area is 167 Å². The fraction of sp³-hybridized carbons (Fsp3) is 0.167. The molecule has 0 bridgehead atoms. The van der Waals surface area contributed by atoms with Gasteiger partial charge in [-0.2, -0.15) is 9.61 Å². The predicted molar refractivity (Wildman–Crippen MR) is 106 cm³/mol. The number of hydrogen-bond acceptors (Lipinski definition) is 7. The minimum absolute atomic E-state index is 0.241. The van der Waals surface area contributed by atoms with Crippen molar-refractivity contribution in [3.05, 3.63) is 62.5 Å². The van der Waals surface area contributed by atoms with Crippen LogP contribution in [0.3, 0.4) is 0 Å². The first-order chi connectivity index (χ1) is 14.0. The van der Waals surface area contributed by atoms with Crippen molar-refractivity contribution in [2.45, 2.75) is 18.9 Å². The van der Waals surface area contributed by atoms with Crippen LogP contribution in [-0.4, -0.2) is 40.7 Å². The fourth-order valence-corrected chi connectivity index (χ4v) is 2.95. The van der Waals surface area contributed by atoms with Gasteiger partial charge >= 0.3 is 5.69 Å². The summed E-state index contributed by atoms with van der Waals surface area (Å²) < 4.78 is 1.63. The lowest BCUT2D eigenvalue weighted by Gasteiger charge is -2.05. The van der Waals surface area contributed by atoms with Crippen LogP contribution < -0.4 is 21.7 Å². The van der Waals surface area contributed by atoms with Gasteiger partial charge in [-0.3, -0.25) is 9.98 Å². The first kappa shape index (κ1) is 17.4. The summed E-state index contributed by atoms with van der Waals surface area (Å²) in [5, 5.41) is 18.5. The second-order valence-corrected chi connectivity index (χ2v) is 7.10. The van der Waals surface area contributed by atoms with E-state index in [9.17, 15) is 9.90 Å². The molecular formula is C18H15ClN8O2. The number of aromatic amines is 2. The highest BCUT2D eigenvalue weighted by atomic mass is 35.5. The van der Waals surface area contributed by atoms with Gasteiger partial charge in [-0.1, -0.05) is 11.6 Å². The van der Waals surface area contributed by atoms with Crippen LogP contribution in [-0.2, 0) is 0 Å². The van der Waals surface area contributed by atoms with E-state index in [0.717, 1.165) is 12.8 Å². The highest BCUT2D eigenvalue weighted by Gasteiger charge is 2.20. The quantitative estimate of drug-likeness (QED) is 0.394. The van der Waals surface area contributed by atoms with Crippen molar-refractivity contribution in [3.8, 4) is 5.88 Å². The molecule has 1 fully saturated rings. The Balaban J connectivity index is 1.67. The zero-order valence-electron chi connectivity index (χ0n) is 14.9. The van der Waals surface area contributed by atoms with Crippen LogP contribution in [0.15, 0.2) is 40.4 Å². The SMILES string of the molecule is O=c1[nH]c(O)c(C=c2cnn3c(=NC4CC4)cc(Nc4ccc(Cl)cn4)nc23)[nH]1. The summed E-state index contributed by atoms with van der Waals surface area (Å²) in [6, 6.07) is 5.56. The van der Waals surface area contributed by atoms with Gasteiger partial charge in [0.15, 0.2) is 11.1 Å². The summed E-state index contributed by atoms with van der Waals surface area (Å²) in [4.78, 5) is 29.7. The number of pyridine rings is 1. The molecule has 0 aliphatic heterocycles. The van der Waals surface area contributed by atoms with Crippen LogP contribution in [0.5, 0.6) is 5.88 Å². The minimum Gasteiger partial charge on any atom is -0.493 e. The third-order valence-corrected chi connectivity index (χ3v) is 4.58. The molecule has 1 aliphatic rings. The normalized spacial score (nSPS) is 15.3. The second-order valence-electron chi connectivity index (χ2n) is 6.67. The molecule has 5 rings (SSSR count). The maximum Gasteiger partial charge on any atom is 0.326 e. The number of aromatic hydroxyl groups is 1. The van der Waals surface area contributed by atoms with Crippen LogP contribution in [0.25, 0.3) is 11.7 Å². The van der Waals surface area contributed by atoms with Crippen molar-refractivity contribution < 1.29 is 5.11 Å². The Kier molecular flexibility index (Phi) is 4.06. The van der Waals surface area contributed by atoms with E-state index in [-0.39, 0.29) is 17.6 Å². The Morgan fingerprint density at radius 3 is 2.83 bits per heavy atom. The average Bonchev–Trinajstić information content (AvgIpc) is 3.33. The smallest absolute Gasteiger partial charge is 0.326 e. The number of halogens is 1. The topological polar surface area (TPSA) is 136 Å². The zero-order chi connectivity index (χ0) is 20.0. The average molecular weight is 411 g/mol. The Bertz CT molecular complexity index is 1380.